The van der Waals surface area contributed by atoms with Crippen LogP contribution in [0.4, 0.5) is 5.95 Å². The Hall–Kier alpha value is -2.38. The van der Waals surface area contributed by atoms with Crippen molar-refractivity contribution >= 4 is 22.8 Å². The predicted molar refractivity (Wildman–Crippen MR) is 99.6 cm³/mol. The highest BCUT2D eigenvalue weighted by molar-refractivity contribution is 5.90. The summed E-state index contributed by atoms with van der Waals surface area (Å²) in [5, 5.41) is 6.50. The van der Waals surface area contributed by atoms with Crippen molar-refractivity contribution in [1.29, 1.82) is 0 Å². The number of fused-ring (bicyclic) bond motifs is 3. The van der Waals surface area contributed by atoms with Gasteiger partial charge in [-0.15, -0.1) is 0 Å². The fraction of sp³-hybridized carbons (Fsp3) is 0.647. The Labute approximate surface area is 146 Å². The quantitative estimate of drug-likeness (QED) is 0.828. The fourth-order valence-electron chi connectivity index (χ4n) is 3.26. The van der Waals surface area contributed by atoms with Crippen molar-refractivity contribution in [1.82, 2.24) is 18.7 Å². The Kier molecular flexibility index (Phi) is 4.53. The molecule has 1 atom stereocenters. The third kappa shape index (κ3) is 2.60. The lowest BCUT2D eigenvalue weighted by molar-refractivity contribution is 0.585. The zero-order valence-electron chi connectivity index (χ0n) is 15.6. The number of unbranched alkanes of at least 4 members (excludes halogenated alkanes) is 1. The molecule has 8 nitrogen and oxygen atoms in total. The van der Waals surface area contributed by atoms with Gasteiger partial charge in [-0.25, -0.2) is 9.80 Å². The average molecular weight is 346 g/mol. The monoisotopic (exact) mass is 346 g/mol. The molecule has 0 fully saturated rings. The van der Waals surface area contributed by atoms with Crippen LogP contribution in [0.3, 0.4) is 0 Å². The molecule has 25 heavy (non-hydrogen) atoms. The van der Waals surface area contributed by atoms with E-state index < -0.39 is 0 Å². The van der Waals surface area contributed by atoms with Crippen LogP contribution < -0.4 is 16.3 Å². The Morgan fingerprint density at radius 2 is 1.84 bits per heavy atom. The zero-order valence-corrected chi connectivity index (χ0v) is 15.6. The average Bonchev–Trinajstić information content (AvgIpc) is 3.00. The van der Waals surface area contributed by atoms with Crippen molar-refractivity contribution in [3.8, 4) is 0 Å². The minimum Gasteiger partial charge on any atom is -0.294 e. The summed E-state index contributed by atoms with van der Waals surface area (Å²) in [5.41, 5.74) is 1.25. The molecule has 0 saturated heterocycles. The number of aryl methyl sites for hydroxylation is 1. The van der Waals surface area contributed by atoms with Gasteiger partial charge in [0.2, 0.25) is 5.95 Å². The van der Waals surface area contributed by atoms with E-state index in [9.17, 15) is 9.59 Å². The van der Waals surface area contributed by atoms with Crippen molar-refractivity contribution in [3.05, 3.63) is 20.8 Å². The van der Waals surface area contributed by atoms with E-state index in [4.69, 9.17) is 0 Å². The van der Waals surface area contributed by atoms with Crippen molar-refractivity contribution in [3.63, 3.8) is 0 Å². The molecule has 0 spiro atoms. The van der Waals surface area contributed by atoms with Gasteiger partial charge >= 0.3 is 5.69 Å². The summed E-state index contributed by atoms with van der Waals surface area (Å²) >= 11 is 0. The van der Waals surface area contributed by atoms with Gasteiger partial charge in [0.25, 0.3) is 5.56 Å². The molecule has 3 heterocycles. The molecule has 136 valence electrons. The van der Waals surface area contributed by atoms with Crippen molar-refractivity contribution < 1.29 is 0 Å². The molecule has 0 N–H and O–H groups in total. The molecule has 3 rings (SSSR count). The van der Waals surface area contributed by atoms with Crippen LogP contribution >= 0.6 is 0 Å². The van der Waals surface area contributed by atoms with Crippen molar-refractivity contribution in [2.45, 2.75) is 59.5 Å². The second kappa shape index (κ2) is 6.50. The van der Waals surface area contributed by atoms with Crippen LogP contribution in [0.25, 0.3) is 11.2 Å². The van der Waals surface area contributed by atoms with Crippen LogP contribution in [-0.4, -0.2) is 30.9 Å². The van der Waals surface area contributed by atoms with Crippen LogP contribution in [0, 0.1) is 0 Å². The molecule has 1 unspecified atom stereocenters. The van der Waals surface area contributed by atoms with Crippen molar-refractivity contribution in [2.75, 3.05) is 11.6 Å². The maximum atomic E-state index is 13.0. The largest absolute Gasteiger partial charge is 0.332 e. The molecular weight excluding hydrogens is 320 g/mol. The highest BCUT2D eigenvalue weighted by atomic mass is 16.2. The number of hydrogen-bond donors (Lipinski definition) is 0. The summed E-state index contributed by atoms with van der Waals surface area (Å²) in [5.74, 6) is 0.642. The standard InChI is InChI=1S/C17H26N6O2/c1-6-8-10-22-16-18-14-13(23(16)12(4)11(3)19-22)15(24)21(9-7-2)17(25)20(14)5/h12H,6-10H2,1-5H3. The number of rotatable bonds is 5. The van der Waals surface area contributed by atoms with Crippen molar-refractivity contribution in [2.24, 2.45) is 12.1 Å². The van der Waals surface area contributed by atoms with E-state index in [2.05, 4.69) is 17.0 Å². The fourth-order valence-corrected chi connectivity index (χ4v) is 3.26. The predicted octanol–water partition coefficient (Wildman–Crippen LogP) is 1.86. The minimum atomic E-state index is -0.319. The second-order valence-electron chi connectivity index (χ2n) is 6.65. The third-order valence-electron chi connectivity index (χ3n) is 4.83. The molecular formula is C17H26N6O2. The van der Waals surface area contributed by atoms with Gasteiger partial charge in [-0.1, -0.05) is 20.3 Å². The SMILES string of the molecule is CCCCN1N=C(C)C(C)n2c1nc1c2c(=O)n(CCC)c(=O)n1C. The van der Waals surface area contributed by atoms with E-state index in [1.54, 1.807) is 7.05 Å². The van der Waals surface area contributed by atoms with Gasteiger partial charge in [0.1, 0.15) is 0 Å². The maximum Gasteiger partial charge on any atom is 0.332 e. The van der Waals surface area contributed by atoms with Gasteiger partial charge < -0.3 is 0 Å². The lowest BCUT2D eigenvalue weighted by Gasteiger charge is -2.29. The molecule has 8 heteroatoms. The normalized spacial score (nSPS) is 17.1. The first-order valence-electron chi connectivity index (χ1n) is 8.96. The van der Waals surface area contributed by atoms with E-state index in [1.807, 2.05) is 30.3 Å². The highest BCUT2D eigenvalue weighted by Crippen LogP contribution is 2.29. The highest BCUT2D eigenvalue weighted by Gasteiger charge is 2.30. The molecule has 1 aliphatic rings. The Morgan fingerprint density at radius 1 is 1.12 bits per heavy atom. The molecule has 1 aliphatic heterocycles. The van der Waals surface area contributed by atoms with Crippen LogP contribution in [0.1, 0.15) is 53.0 Å². The number of nitrogens with zero attached hydrogens (tertiary/aromatic N) is 6. The number of anilines is 1. The molecule has 0 amide bonds. The number of hydrazone groups is 1. The van der Waals surface area contributed by atoms with E-state index in [0.29, 0.717) is 23.7 Å². The van der Waals surface area contributed by atoms with Gasteiger partial charge in [0, 0.05) is 20.1 Å². The van der Waals surface area contributed by atoms with Crippen LogP contribution in [0.5, 0.6) is 0 Å². The first kappa shape index (κ1) is 17.4. The van der Waals surface area contributed by atoms with Gasteiger partial charge in [0.15, 0.2) is 11.2 Å². The molecule has 0 aliphatic carbocycles. The van der Waals surface area contributed by atoms with Gasteiger partial charge in [-0.05, 0) is 26.7 Å². The number of aromatic nitrogens is 4. The molecule has 0 bridgehead atoms. The number of imidazole rings is 1. The summed E-state index contributed by atoms with van der Waals surface area (Å²) in [4.78, 5) is 30.2. The Morgan fingerprint density at radius 3 is 2.48 bits per heavy atom. The lowest BCUT2D eigenvalue weighted by atomic mass is 10.2. The first-order chi connectivity index (χ1) is 11.9. The van der Waals surface area contributed by atoms with Gasteiger partial charge in [-0.3, -0.25) is 18.5 Å². The Bertz CT molecular complexity index is 949. The Balaban J connectivity index is 2.34. The summed E-state index contributed by atoms with van der Waals surface area (Å²) in [6.07, 6.45) is 2.75. The summed E-state index contributed by atoms with van der Waals surface area (Å²) in [6, 6.07) is -0.0712. The van der Waals surface area contributed by atoms with E-state index >= 15 is 0 Å². The summed E-state index contributed by atoms with van der Waals surface area (Å²) in [7, 11) is 1.67. The summed E-state index contributed by atoms with van der Waals surface area (Å²) in [6.45, 7) is 9.19. The molecule has 0 saturated carbocycles. The van der Waals surface area contributed by atoms with Gasteiger partial charge in [-0.2, -0.15) is 10.1 Å². The topological polar surface area (TPSA) is 77.4 Å². The second-order valence-corrected chi connectivity index (χ2v) is 6.65. The molecule has 2 aromatic heterocycles. The lowest BCUT2D eigenvalue weighted by Crippen LogP contribution is -2.40. The van der Waals surface area contributed by atoms with Crippen LogP contribution in [-0.2, 0) is 13.6 Å². The van der Waals surface area contributed by atoms with Crippen LogP contribution in [0.15, 0.2) is 14.7 Å². The van der Waals surface area contributed by atoms with E-state index in [-0.39, 0.29) is 17.3 Å². The third-order valence-corrected chi connectivity index (χ3v) is 4.83. The molecule has 0 aromatic carbocycles. The smallest absolute Gasteiger partial charge is 0.294 e. The molecule has 0 radical (unpaired) electrons. The summed E-state index contributed by atoms with van der Waals surface area (Å²) < 4.78 is 4.71. The zero-order chi connectivity index (χ0) is 18.3. The van der Waals surface area contributed by atoms with Crippen LogP contribution in [0.2, 0.25) is 0 Å². The van der Waals surface area contributed by atoms with Gasteiger partial charge in [0.05, 0.1) is 11.8 Å². The molecule has 2 aromatic rings. The first-order valence-corrected chi connectivity index (χ1v) is 8.96. The van der Waals surface area contributed by atoms with E-state index in [0.717, 1.165) is 31.5 Å². The van der Waals surface area contributed by atoms with E-state index in [1.165, 1.54) is 9.13 Å². The maximum absolute atomic E-state index is 13.0. The minimum absolute atomic E-state index is 0.0712. The number of hydrogen-bond acceptors (Lipinski definition) is 5.